The Balaban J connectivity index is 2.18. The minimum Gasteiger partial charge on any atom is -0.455 e. The van der Waals surface area contributed by atoms with E-state index in [9.17, 15) is 13.2 Å². The van der Waals surface area contributed by atoms with Crippen molar-refractivity contribution in [1.29, 1.82) is 0 Å². The summed E-state index contributed by atoms with van der Waals surface area (Å²) >= 11 is 0. The number of carbonyl (C=O) groups is 1. The van der Waals surface area contributed by atoms with Gasteiger partial charge in [0.15, 0.2) is 0 Å². The van der Waals surface area contributed by atoms with Crippen LogP contribution in [0, 0.1) is 0 Å². The summed E-state index contributed by atoms with van der Waals surface area (Å²) in [6.07, 6.45) is 1.36. The molecule has 1 amide bonds. The van der Waals surface area contributed by atoms with Gasteiger partial charge in [0.2, 0.25) is 15.9 Å². The van der Waals surface area contributed by atoms with E-state index in [0.717, 1.165) is 0 Å². The highest BCUT2D eigenvalue weighted by Gasteiger charge is 2.09. The summed E-state index contributed by atoms with van der Waals surface area (Å²) in [4.78, 5) is 10.7. The predicted octanol–water partition coefficient (Wildman–Crippen LogP) is 1.06. The van der Waals surface area contributed by atoms with Gasteiger partial charge in [0.05, 0.1) is 11.1 Å². The predicted molar refractivity (Wildman–Crippen MR) is 76.9 cm³/mol. The topological polar surface area (TPSA) is 115 Å². The van der Waals surface area contributed by atoms with Crippen LogP contribution in [0.2, 0.25) is 0 Å². The normalized spacial score (nSPS) is 11.7. The van der Waals surface area contributed by atoms with Crippen LogP contribution in [0.25, 0.3) is 11.3 Å². The minimum atomic E-state index is -3.71. The van der Waals surface area contributed by atoms with Gasteiger partial charge in [0.1, 0.15) is 11.5 Å². The first kappa shape index (κ1) is 14.9. The third-order valence-electron chi connectivity index (χ3n) is 2.51. The molecule has 0 fully saturated rings. The standard InChI is InChI=1S/C13H13N3O4S/c1-9(17)16-15-8-11-4-7-13(20-11)10-2-5-12(6-3-10)21(14,18)19/h2-8H,1H3,(H,16,17)(H2,14,18,19)/b15-8-. The molecule has 0 saturated heterocycles. The summed E-state index contributed by atoms with van der Waals surface area (Å²) in [6.45, 7) is 1.35. The SMILES string of the molecule is CC(=O)N/N=C\c1ccc(-c2ccc(S(N)(=O)=O)cc2)o1. The van der Waals surface area contributed by atoms with E-state index in [0.29, 0.717) is 17.1 Å². The number of primary sulfonamides is 1. The van der Waals surface area contributed by atoms with Crippen LogP contribution in [0.4, 0.5) is 0 Å². The van der Waals surface area contributed by atoms with E-state index in [-0.39, 0.29) is 10.8 Å². The maximum atomic E-state index is 11.2. The fraction of sp³-hybridized carbons (Fsp3) is 0.0769. The molecule has 0 bridgehead atoms. The van der Waals surface area contributed by atoms with E-state index in [1.807, 2.05) is 0 Å². The van der Waals surface area contributed by atoms with Crippen LogP contribution in [0.3, 0.4) is 0 Å². The van der Waals surface area contributed by atoms with Gasteiger partial charge in [-0.2, -0.15) is 5.10 Å². The second-order valence-corrected chi connectivity index (χ2v) is 5.76. The van der Waals surface area contributed by atoms with Gasteiger partial charge in [-0.3, -0.25) is 4.79 Å². The van der Waals surface area contributed by atoms with Crippen LogP contribution < -0.4 is 10.6 Å². The number of hydrogen-bond acceptors (Lipinski definition) is 5. The third-order valence-corrected chi connectivity index (χ3v) is 3.44. The Labute approximate surface area is 121 Å². The quantitative estimate of drug-likeness (QED) is 0.649. The van der Waals surface area contributed by atoms with E-state index >= 15 is 0 Å². The van der Waals surface area contributed by atoms with Gasteiger partial charge in [-0.15, -0.1) is 0 Å². The van der Waals surface area contributed by atoms with Gasteiger partial charge in [-0.05, 0) is 36.4 Å². The van der Waals surface area contributed by atoms with Crippen molar-refractivity contribution in [2.24, 2.45) is 10.2 Å². The molecule has 0 unspecified atom stereocenters. The lowest BCUT2D eigenvalue weighted by Crippen LogP contribution is -2.12. The molecule has 3 N–H and O–H groups in total. The molecule has 1 heterocycles. The van der Waals surface area contributed by atoms with Crippen LogP contribution in [0.1, 0.15) is 12.7 Å². The van der Waals surface area contributed by atoms with Gasteiger partial charge in [-0.1, -0.05) is 0 Å². The Morgan fingerprint density at radius 1 is 1.24 bits per heavy atom. The maximum absolute atomic E-state index is 11.2. The number of sulfonamides is 1. The van der Waals surface area contributed by atoms with Gasteiger partial charge >= 0.3 is 0 Å². The van der Waals surface area contributed by atoms with Gasteiger partial charge in [0, 0.05) is 12.5 Å². The molecule has 0 saturated carbocycles. The number of hydrogen-bond donors (Lipinski definition) is 2. The highest BCUT2D eigenvalue weighted by Crippen LogP contribution is 2.22. The van der Waals surface area contributed by atoms with Crippen molar-refractivity contribution in [1.82, 2.24) is 5.43 Å². The molecule has 0 atom stereocenters. The number of nitrogens with two attached hydrogens (primary N) is 1. The average molecular weight is 307 g/mol. The average Bonchev–Trinajstić information content (AvgIpc) is 2.86. The van der Waals surface area contributed by atoms with Crippen molar-refractivity contribution in [3.05, 3.63) is 42.2 Å². The summed E-state index contributed by atoms with van der Waals surface area (Å²) in [5, 5.41) is 8.71. The van der Waals surface area contributed by atoms with E-state index in [4.69, 9.17) is 9.56 Å². The summed E-state index contributed by atoms with van der Waals surface area (Å²) in [7, 11) is -3.71. The fourth-order valence-electron chi connectivity index (χ4n) is 1.57. The Morgan fingerprint density at radius 2 is 1.90 bits per heavy atom. The van der Waals surface area contributed by atoms with Crippen molar-refractivity contribution in [3.63, 3.8) is 0 Å². The van der Waals surface area contributed by atoms with E-state index in [2.05, 4.69) is 10.5 Å². The molecule has 21 heavy (non-hydrogen) atoms. The Hall–Kier alpha value is -2.45. The molecule has 2 rings (SSSR count). The number of nitrogens with one attached hydrogen (secondary N) is 1. The van der Waals surface area contributed by atoms with Crippen molar-refractivity contribution in [2.45, 2.75) is 11.8 Å². The lowest BCUT2D eigenvalue weighted by molar-refractivity contribution is -0.118. The zero-order chi connectivity index (χ0) is 15.5. The Kier molecular flexibility index (Phi) is 4.20. The zero-order valence-electron chi connectivity index (χ0n) is 11.1. The minimum absolute atomic E-state index is 0.0326. The lowest BCUT2D eigenvalue weighted by Gasteiger charge is -2.00. The molecule has 8 heteroatoms. The first-order valence-corrected chi connectivity index (χ1v) is 7.43. The summed E-state index contributed by atoms with van der Waals surface area (Å²) in [5.41, 5.74) is 2.95. The van der Waals surface area contributed by atoms with Crippen LogP contribution in [-0.4, -0.2) is 20.5 Å². The summed E-state index contributed by atoms with van der Waals surface area (Å²) in [5.74, 6) is 0.714. The number of rotatable bonds is 4. The highest BCUT2D eigenvalue weighted by molar-refractivity contribution is 7.89. The Bertz CT molecular complexity index is 776. The number of benzene rings is 1. The number of carbonyl (C=O) groups excluding carboxylic acids is 1. The zero-order valence-corrected chi connectivity index (χ0v) is 11.9. The molecular formula is C13H13N3O4S. The van der Waals surface area contributed by atoms with E-state index < -0.39 is 10.0 Å². The highest BCUT2D eigenvalue weighted by atomic mass is 32.2. The van der Waals surface area contributed by atoms with Gasteiger partial charge in [0.25, 0.3) is 0 Å². The third kappa shape index (κ3) is 4.01. The fourth-order valence-corrected chi connectivity index (χ4v) is 2.09. The molecule has 0 aliphatic carbocycles. The molecule has 0 aliphatic heterocycles. The molecule has 1 aromatic heterocycles. The second kappa shape index (κ2) is 5.90. The lowest BCUT2D eigenvalue weighted by atomic mass is 10.2. The molecular weight excluding hydrogens is 294 g/mol. The number of hydrazone groups is 1. The van der Waals surface area contributed by atoms with Crippen LogP contribution in [0.15, 0.2) is 50.8 Å². The molecule has 7 nitrogen and oxygen atoms in total. The first-order valence-electron chi connectivity index (χ1n) is 5.89. The van der Waals surface area contributed by atoms with Crippen molar-refractivity contribution in [3.8, 4) is 11.3 Å². The summed E-state index contributed by atoms with van der Waals surface area (Å²) in [6, 6.07) is 9.37. The number of nitrogens with zero attached hydrogens (tertiary/aromatic N) is 1. The Morgan fingerprint density at radius 3 is 2.48 bits per heavy atom. The molecule has 0 aliphatic rings. The number of furan rings is 1. The molecule has 1 aromatic carbocycles. The molecule has 0 radical (unpaired) electrons. The van der Waals surface area contributed by atoms with Crippen molar-refractivity contribution in [2.75, 3.05) is 0 Å². The first-order chi connectivity index (χ1) is 9.86. The van der Waals surface area contributed by atoms with Crippen molar-refractivity contribution < 1.29 is 17.6 Å². The smallest absolute Gasteiger partial charge is 0.238 e. The monoisotopic (exact) mass is 307 g/mol. The van der Waals surface area contributed by atoms with Crippen LogP contribution >= 0.6 is 0 Å². The summed E-state index contributed by atoms with van der Waals surface area (Å²) < 4.78 is 27.8. The molecule has 0 spiro atoms. The van der Waals surface area contributed by atoms with Crippen LogP contribution in [0.5, 0.6) is 0 Å². The molecule has 2 aromatic rings. The molecule has 110 valence electrons. The van der Waals surface area contributed by atoms with E-state index in [1.165, 1.54) is 25.3 Å². The number of amides is 1. The van der Waals surface area contributed by atoms with Crippen LogP contribution in [-0.2, 0) is 14.8 Å². The van der Waals surface area contributed by atoms with Gasteiger partial charge < -0.3 is 4.42 Å². The maximum Gasteiger partial charge on any atom is 0.238 e. The van der Waals surface area contributed by atoms with E-state index in [1.54, 1.807) is 24.3 Å². The second-order valence-electron chi connectivity index (χ2n) is 4.20. The van der Waals surface area contributed by atoms with Crippen molar-refractivity contribution >= 4 is 22.1 Å². The largest absolute Gasteiger partial charge is 0.455 e. The van der Waals surface area contributed by atoms with Gasteiger partial charge in [-0.25, -0.2) is 19.0 Å².